The highest BCUT2D eigenvalue weighted by Crippen LogP contribution is 2.36. The number of methoxy groups -OCH3 is 1. The molecule has 0 atom stereocenters. The van der Waals surface area contributed by atoms with E-state index in [1.165, 1.54) is 0 Å². The average Bonchev–Trinajstić information content (AvgIpc) is 2.48. The molecule has 0 radical (unpaired) electrons. The molecule has 2 aromatic heterocycles. The lowest BCUT2D eigenvalue weighted by Crippen LogP contribution is -1.93. The molecule has 0 aliphatic rings. The van der Waals surface area contributed by atoms with Gasteiger partial charge in [-0.05, 0) is 37.3 Å². The molecule has 100 valence electrons. The lowest BCUT2D eigenvalue weighted by molar-refractivity contribution is 0.415. The van der Waals surface area contributed by atoms with Crippen molar-refractivity contribution >= 4 is 22.5 Å². The van der Waals surface area contributed by atoms with E-state index in [1.54, 1.807) is 13.3 Å². The van der Waals surface area contributed by atoms with E-state index in [9.17, 15) is 0 Å². The number of fused-ring (bicyclic) bond motifs is 1. The van der Waals surface area contributed by atoms with Gasteiger partial charge in [0.2, 0.25) is 0 Å². The number of hydrogen-bond donors (Lipinski definition) is 0. The molecule has 0 bridgehead atoms. The largest absolute Gasteiger partial charge is 0.495 e. The van der Waals surface area contributed by atoms with Crippen molar-refractivity contribution in [1.29, 1.82) is 0 Å². The summed E-state index contributed by atoms with van der Waals surface area (Å²) in [5, 5.41) is 1.51. The summed E-state index contributed by atoms with van der Waals surface area (Å²) in [4.78, 5) is 8.94. The summed E-state index contributed by atoms with van der Waals surface area (Å²) in [5.41, 5.74) is 3.57. The second-order valence-electron chi connectivity index (χ2n) is 4.50. The number of ether oxygens (including phenoxy) is 1. The van der Waals surface area contributed by atoms with Crippen molar-refractivity contribution < 1.29 is 4.74 Å². The Hall–Kier alpha value is -2.13. The van der Waals surface area contributed by atoms with E-state index < -0.39 is 0 Å². The van der Waals surface area contributed by atoms with Crippen LogP contribution < -0.4 is 4.74 Å². The van der Waals surface area contributed by atoms with Crippen molar-refractivity contribution in [2.24, 2.45) is 0 Å². The fourth-order valence-corrected chi connectivity index (χ4v) is 2.54. The normalized spacial score (nSPS) is 10.8. The van der Waals surface area contributed by atoms with Crippen LogP contribution in [-0.4, -0.2) is 17.1 Å². The molecule has 3 aromatic rings. The van der Waals surface area contributed by atoms with E-state index in [1.807, 2.05) is 43.3 Å². The Morgan fingerprint density at radius 3 is 2.70 bits per heavy atom. The summed E-state index contributed by atoms with van der Waals surface area (Å²) in [6, 6.07) is 11.7. The SMILES string of the molecule is COc1ccc2c(-c3ccccn3)cc(C)nc2c1Cl. The highest BCUT2D eigenvalue weighted by Gasteiger charge is 2.13. The second kappa shape index (κ2) is 5.10. The van der Waals surface area contributed by atoms with Gasteiger partial charge in [0.15, 0.2) is 0 Å². The van der Waals surface area contributed by atoms with Crippen molar-refractivity contribution in [3.63, 3.8) is 0 Å². The standard InChI is InChI=1S/C16H13ClN2O/c1-10-9-12(13-5-3-4-8-18-13)11-6-7-14(20-2)15(17)16(11)19-10/h3-9H,1-2H3. The first-order valence-corrected chi connectivity index (χ1v) is 6.64. The van der Waals surface area contributed by atoms with Gasteiger partial charge in [-0.1, -0.05) is 17.7 Å². The van der Waals surface area contributed by atoms with Crippen LogP contribution in [0.3, 0.4) is 0 Å². The van der Waals surface area contributed by atoms with Crippen LogP contribution in [0, 0.1) is 6.92 Å². The highest BCUT2D eigenvalue weighted by atomic mass is 35.5. The maximum absolute atomic E-state index is 6.37. The van der Waals surface area contributed by atoms with Crippen LogP contribution in [0.1, 0.15) is 5.69 Å². The van der Waals surface area contributed by atoms with Gasteiger partial charge in [0.05, 0.1) is 18.3 Å². The molecule has 1 aromatic carbocycles. The number of pyridine rings is 2. The molecule has 0 saturated carbocycles. The fourth-order valence-electron chi connectivity index (χ4n) is 2.26. The molecule has 0 aliphatic heterocycles. The fraction of sp³-hybridized carbons (Fsp3) is 0.125. The number of aromatic nitrogens is 2. The van der Waals surface area contributed by atoms with Gasteiger partial charge in [0.25, 0.3) is 0 Å². The minimum absolute atomic E-state index is 0.533. The zero-order valence-electron chi connectivity index (χ0n) is 11.2. The van der Waals surface area contributed by atoms with Gasteiger partial charge in [-0.15, -0.1) is 0 Å². The smallest absolute Gasteiger partial charge is 0.139 e. The second-order valence-corrected chi connectivity index (χ2v) is 4.88. The van der Waals surface area contributed by atoms with Crippen molar-refractivity contribution in [2.45, 2.75) is 6.92 Å². The molecular formula is C16H13ClN2O. The molecule has 0 spiro atoms. The summed E-state index contributed by atoms with van der Waals surface area (Å²) in [7, 11) is 1.60. The topological polar surface area (TPSA) is 35.0 Å². The first-order chi connectivity index (χ1) is 9.70. The molecule has 4 heteroatoms. The predicted molar refractivity (Wildman–Crippen MR) is 81.3 cm³/mol. The molecule has 0 saturated heterocycles. The summed E-state index contributed by atoms with van der Waals surface area (Å²) >= 11 is 6.37. The van der Waals surface area contributed by atoms with Gasteiger partial charge >= 0.3 is 0 Å². The lowest BCUT2D eigenvalue weighted by atomic mass is 10.0. The first kappa shape index (κ1) is 12.9. The van der Waals surface area contributed by atoms with E-state index in [-0.39, 0.29) is 0 Å². The van der Waals surface area contributed by atoms with Crippen LogP contribution in [-0.2, 0) is 0 Å². The van der Waals surface area contributed by atoms with E-state index in [0.29, 0.717) is 10.8 Å². The van der Waals surface area contributed by atoms with Crippen LogP contribution in [0.4, 0.5) is 0 Å². The van der Waals surface area contributed by atoms with Crippen LogP contribution in [0.15, 0.2) is 42.6 Å². The summed E-state index contributed by atoms with van der Waals surface area (Å²) in [6.07, 6.45) is 1.78. The summed E-state index contributed by atoms with van der Waals surface area (Å²) in [5.74, 6) is 0.629. The van der Waals surface area contributed by atoms with Gasteiger partial charge in [-0.3, -0.25) is 9.97 Å². The molecule has 0 aliphatic carbocycles. The third kappa shape index (κ3) is 2.10. The van der Waals surface area contributed by atoms with E-state index in [2.05, 4.69) is 9.97 Å². The Morgan fingerprint density at radius 1 is 1.15 bits per heavy atom. The molecule has 0 N–H and O–H groups in total. The van der Waals surface area contributed by atoms with Gasteiger partial charge in [-0.25, -0.2) is 0 Å². The zero-order valence-corrected chi connectivity index (χ0v) is 12.0. The average molecular weight is 285 g/mol. The quantitative estimate of drug-likeness (QED) is 0.705. The molecule has 2 heterocycles. The molecule has 0 amide bonds. The summed E-state index contributed by atoms with van der Waals surface area (Å²) < 4.78 is 5.25. The minimum Gasteiger partial charge on any atom is -0.495 e. The van der Waals surface area contributed by atoms with Gasteiger partial charge < -0.3 is 4.74 Å². The monoisotopic (exact) mass is 284 g/mol. The van der Waals surface area contributed by atoms with Crippen molar-refractivity contribution in [2.75, 3.05) is 7.11 Å². The van der Waals surface area contributed by atoms with Crippen molar-refractivity contribution in [3.05, 3.63) is 53.3 Å². The molecule has 0 fully saturated rings. The molecular weight excluding hydrogens is 272 g/mol. The Balaban J connectivity index is 2.36. The first-order valence-electron chi connectivity index (χ1n) is 6.26. The number of nitrogens with zero attached hydrogens (tertiary/aromatic N) is 2. The maximum atomic E-state index is 6.37. The Bertz CT molecular complexity index is 772. The minimum atomic E-state index is 0.533. The van der Waals surface area contributed by atoms with E-state index in [4.69, 9.17) is 16.3 Å². The number of hydrogen-bond acceptors (Lipinski definition) is 3. The lowest BCUT2D eigenvalue weighted by Gasteiger charge is -2.11. The number of halogens is 1. The summed E-state index contributed by atoms with van der Waals surface area (Å²) in [6.45, 7) is 1.95. The van der Waals surface area contributed by atoms with Gasteiger partial charge in [0, 0.05) is 22.8 Å². The maximum Gasteiger partial charge on any atom is 0.139 e. The van der Waals surface area contributed by atoms with Crippen LogP contribution >= 0.6 is 11.6 Å². The molecule has 3 nitrogen and oxygen atoms in total. The Kier molecular flexibility index (Phi) is 3.28. The van der Waals surface area contributed by atoms with E-state index >= 15 is 0 Å². The Labute approximate surface area is 122 Å². The number of aryl methyl sites for hydroxylation is 1. The molecule has 20 heavy (non-hydrogen) atoms. The van der Waals surface area contributed by atoms with Gasteiger partial charge in [0.1, 0.15) is 10.8 Å². The van der Waals surface area contributed by atoms with E-state index in [0.717, 1.165) is 27.9 Å². The van der Waals surface area contributed by atoms with Crippen molar-refractivity contribution in [1.82, 2.24) is 9.97 Å². The van der Waals surface area contributed by atoms with Crippen LogP contribution in [0.25, 0.3) is 22.2 Å². The predicted octanol–water partition coefficient (Wildman–Crippen LogP) is 4.27. The van der Waals surface area contributed by atoms with Crippen molar-refractivity contribution in [3.8, 4) is 17.0 Å². The Morgan fingerprint density at radius 2 is 2.00 bits per heavy atom. The number of benzene rings is 1. The molecule has 3 rings (SSSR count). The third-order valence-corrected chi connectivity index (χ3v) is 3.54. The van der Waals surface area contributed by atoms with Crippen LogP contribution in [0.5, 0.6) is 5.75 Å². The highest BCUT2D eigenvalue weighted by molar-refractivity contribution is 6.36. The number of rotatable bonds is 2. The van der Waals surface area contributed by atoms with Crippen LogP contribution in [0.2, 0.25) is 5.02 Å². The zero-order chi connectivity index (χ0) is 14.1. The molecule has 0 unspecified atom stereocenters. The third-order valence-electron chi connectivity index (χ3n) is 3.17. The van der Waals surface area contributed by atoms with Gasteiger partial charge in [-0.2, -0.15) is 0 Å².